The quantitative estimate of drug-likeness (QED) is 0.182. The zero-order chi connectivity index (χ0) is 27.1. The Morgan fingerprint density at radius 3 is 2.39 bits per heavy atom. The smallest absolute Gasteiger partial charge is 0.262 e. The molecule has 6 nitrogen and oxygen atoms in total. The van der Waals surface area contributed by atoms with Gasteiger partial charge in [0.1, 0.15) is 18.4 Å². The van der Waals surface area contributed by atoms with Gasteiger partial charge in [0, 0.05) is 11.1 Å². The maximum atomic E-state index is 13.0. The Hall–Kier alpha value is -3.87. The van der Waals surface area contributed by atoms with Gasteiger partial charge in [0.25, 0.3) is 11.8 Å². The second-order valence-electron chi connectivity index (χ2n) is 9.03. The Balaban J connectivity index is 1.51. The molecule has 0 saturated heterocycles. The Kier molecular flexibility index (Phi) is 9.00. The lowest BCUT2D eigenvalue weighted by Crippen LogP contribution is -2.48. The van der Waals surface area contributed by atoms with Crippen LogP contribution in [-0.4, -0.2) is 24.1 Å². The van der Waals surface area contributed by atoms with Gasteiger partial charge in [-0.15, -0.1) is 0 Å². The monoisotopic (exact) mass is 547 g/mol. The Labute approximate surface area is 231 Å². The van der Waals surface area contributed by atoms with Crippen molar-refractivity contribution in [1.29, 1.82) is 0 Å². The first-order valence-corrected chi connectivity index (χ1v) is 12.9. The number of hydrogen-bond donors (Lipinski definition) is 2. The van der Waals surface area contributed by atoms with E-state index in [2.05, 4.69) is 15.8 Å². The maximum Gasteiger partial charge on any atom is 0.262 e. The highest BCUT2D eigenvalue weighted by Crippen LogP contribution is 2.27. The van der Waals surface area contributed by atoms with E-state index in [9.17, 15) is 9.59 Å². The number of carbonyl (C=O) groups is 2. The molecule has 0 fully saturated rings. The van der Waals surface area contributed by atoms with Crippen LogP contribution >= 0.6 is 23.2 Å². The van der Waals surface area contributed by atoms with Crippen LogP contribution in [0.1, 0.15) is 35.3 Å². The van der Waals surface area contributed by atoms with Crippen LogP contribution < -0.4 is 15.5 Å². The summed E-state index contributed by atoms with van der Waals surface area (Å²) in [4.78, 5) is 25.8. The van der Waals surface area contributed by atoms with Crippen molar-refractivity contribution in [2.45, 2.75) is 26.5 Å². The van der Waals surface area contributed by atoms with Crippen LogP contribution in [0.4, 0.5) is 0 Å². The highest BCUT2D eigenvalue weighted by atomic mass is 35.5. The molecule has 4 aromatic rings. The number of fused-ring (bicyclic) bond motifs is 1. The first kappa shape index (κ1) is 27.2. The molecule has 0 aromatic heterocycles. The summed E-state index contributed by atoms with van der Waals surface area (Å²) in [6.07, 6.45) is 1.57. The third kappa shape index (κ3) is 6.71. The molecule has 38 heavy (non-hydrogen) atoms. The minimum atomic E-state index is -0.824. The van der Waals surface area contributed by atoms with Crippen LogP contribution in [0, 0.1) is 5.92 Å². The number of halogens is 2. The van der Waals surface area contributed by atoms with Gasteiger partial charge in [-0.1, -0.05) is 97.7 Å². The summed E-state index contributed by atoms with van der Waals surface area (Å²) in [7, 11) is 0. The average molecular weight is 548 g/mol. The lowest BCUT2D eigenvalue weighted by Gasteiger charge is -2.20. The minimum absolute atomic E-state index is 0.195. The molecular weight excluding hydrogens is 521 g/mol. The van der Waals surface area contributed by atoms with E-state index in [4.69, 9.17) is 27.9 Å². The molecule has 1 unspecified atom stereocenters. The Morgan fingerprint density at radius 2 is 1.66 bits per heavy atom. The Morgan fingerprint density at radius 1 is 0.921 bits per heavy atom. The van der Waals surface area contributed by atoms with Crippen LogP contribution in [0.25, 0.3) is 10.8 Å². The van der Waals surface area contributed by atoms with E-state index in [-0.39, 0.29) is 10.9 Å². The fraction of sp³-hybridized carbons (Fsp3) is 0.167. The molecule has 0 heterocycles. The van der Waals surface area contributed by atoms with Crippen molar-refractivity contribution in [2.75, 3.05) is 0 Å². The molecule has 2 amide bonds. The molecule has 0 aliphatic rings. The maximum absolute atomic E-state index is 13.0. The third-order valence-electron chi connectivity index (χ3n) is 5.95. The molecule has 0 aliphatic carbocycles. The highest BCUT2D eigenvalue weighted by Gasteiger charge is 2.25. The number of carbonyl (C=O) groups excluding carboxylic acids is 2. The van der Waals surface area contributed by atoms with Gasteiger partial charge in [-0.3, -0.25) is 9.59 Å². The number of hydrazone groups is 1. The predicted molar refractivity (Wildman–Crippen MR) is 153 cm³/mol. The lowest BCUT2D eigenvalue weighted by molar-refractivity contribution is -0.123. The van der Waals surface area contributed by atoms with Crippen LogP contribution in [0.15, 0.2) is 90.0 Å². The standard InChI is InChI=1S/C30H27Cl2N3O3/c1-19(2)28(34-29(36)22-12-14-25(31)26(32)16-22)30(37)35-33-17-24-23-11-7-6-10-21(23)13-15-27(24)38-18-20-8-4-3-5-9-20/h3-17,19,28H,18H2,1-2H3,(H,34,36)(H,35,37)/b33-17+. The lowest BCUT2D eigenvalue weighted by atomic mass is 10.0. The van der Waals surface area contributed by atoms with E-state index >= 15 is 0 Å². The van der Waals surface area contributed by atoms with Crippen LogP contribution in [0.5, 0.6) is 5.75 Å². The normalized spacial score (nSPS) is 12.0. The molecular formula is C30H27Cl2N3O3. The molecule has 194 valence electrons. The summed E-state index contributed by atoms with van der Waals surface area (Å²) in [5, 5.41) is 9.53. The molecule has 0 spiro atoms. The first-order chi connectivity index (χ1) is 18.3. The first-order valence-electron chi connectivity index (χ1n) is 12.1. The summed E-state index contributed by atoms with van der Waals surface area (Å²) in [6.45, 7) is 4.06. The fourth-order valence-corrected chi connectivity index (χ4v) is 4.19. The van der Waals surface area contributed by atoms with Gasteiger partial charge in [0.15, 0.2) is 0 Å². The number of rotatable bonds is 9. The van der Waals surface area contributed by atoms with Crippen molar-refractivity contribution in [3.63, 3.8) is 0 Å². The van der Waals surface area contributed by atoms with Crippen molar-refractivity contribution in [2.24, 2.45) is 11.0 Å². The second-order valence-corrected chi connectivity index (χ2v) is 9.85. The zero-order valence-electron chi connectivity index (χ0n) is 20.9. The number of nitrogens with zero attached hydrogens (tertiary/aromatic N) is 1. The van der Waals surface area contributed by atoms with E-state index in [1.54, 1.807) is 12.3 Å². The van der Waals surface area contributed by atoms with E-state index in [0.717, 1.165) is 21.9 Å². The van der Waals surface area contributed by atoms with E-state index in [1.807, 2.05) is 80.6 Å². The summed E-state index contributed by atoms with van der Waals surface area (Å²) < 4.78 is 6.11. The number of ether oxygens (including phenoxy) is 1. The zero-order valence-corrected chi connectivity index (χ0v) is 22.5. The molecule has 0 aliphatic heterocycles. The summed E-state index contributed by atoms with van der Waals surface area (Å²) >= 11 is 12.0. The largest absolute Gasteiger partial charge is 0.488 e. The predicted octanol–water partition coefficient (Wildman–Crippen LogP) is 6.63. The summed E-state index contributed by atoms with van der Waals surface area (Å²) in [5.74, 6) is -0.443. The summed E-state index contributed by atoms with van der Waals surface area (Å²) in [5.41, 5.74) is 4.64. The molecule has 0 bridgehead atoms. The van der Waals surface area contributed by atoms with Gasteiger partial charge >= 0.3 is 0 Å². The van der Waals surface area contributed by atoms with Crippen LogP contribution in [0.3, 0.4) is 0 Å². The van der Waals surface area contributed by atoms with Crippen molar-refractivity contribution >= 4 is 52.0 Å². The van der Waals surface area contributed by atoms with Gasteiger partial charge < -0.3 is 10.1 Å². The molecule has 0 saturated carbocycles. The minimum Gasteiger partial charge on any atom is -0.488 e. The Bertz CT molecular complexity index is 1470. The van der Waals surface area contributed by atoms with Gasteiger partial charge in [-0.25, -0.2) is 5.43 Å². The number of amides is 2. The number of benzene rings is 4. The van der Waals surface area contributed by atoms with Crippen molar-refractivity contribution in [3.05, 3.63) is 112 Å². The number of nitrogens with one attached hydrogen (secondary N) is 2. The molecule has 4 aromatic carbocycles. The van der Waals surface area contributed by atoms with E-state index in [0.29, 0.717) is 22.9 Å². The van der Waals surface area contributed by atoms with Crippen molar-refractivity contribution < 1.29 is 14.3 Å². The second kappa shape index (κ2) is 12.6. The van der Waals surface area contributed by atoms with Gasteiger partial charge in [-0.05, 0) is 46.5 Å². The van der Waals surface area contributed by atoms with E-state index < -0.39 is 17.9 Å². The van der Waals surface area contributed by atoms with Crippen LogP contribution in [-0.2, 0) is 11.4 Å². The third-order valence-corrected chi connectivity index (χ3v) is 6.69. The molecule has 8 heteroatoms. The average Bonchev–Trinajstić information content (AvgIpc) is 2.92. The van der Waals surface area contributed by atoms with Crippen molar-refractivity contribution in [1.82, 2.24) is 10.7 Å². The molecule has 4 rings (SSSR count). The summed E-state index contributed by atoms with van der Waals surface area (Å²) in [6, 6.07) is 25.3. The SMILES string of the molecule is CC(C)C(NC(=O)c1ccc(Cl)c(Cl)c1)C(=O)N/N=C/c1c(OCc2ccccc2)ccc2ccccc12. The van der Waals surface area contributed by atoms with E-state index in [1.165, 1.54) is 12.1 Å². The van der Waals surface area contributed by atoms with Gasteiger partial charge in [0.05, 0.1) is 16.3 Å². The highest BCUT2D eigenvalue weighted by molar-refractivity contribution is 6.42. The fourth-order valence-electron chi connectivity index (χ4n) is 3.90. The van der Waals surface area contributed by atoms with Gasteiger partial charge in [0.2, 0.25) is 0 Å². The molecule has 1 atom stereocenters. The molecule has 2 N–H and O–H groups in total. The number of hydrogen-bond acceptors (Lipinski definition) is 4. The van der Waals surface area contributed by atoms with Gasteiger partial charge in [-0.2, -0.15) is 5.10 Å². The molecule has 0 radical (unpaired) electrons. The topological polar surface area (TPSA) is 79.8 Å². The van der Waals surface area contributed by atoms with Crippen molar-refractivity contribution in [3.8, 4) is 5.75 Å². The van der Waals surface area contributed by atoms with Crippen LogP contribution in [0.2, 0.25) is 10.0 Å².